The van der Waals surface area contributed by atoms with Crippen molar-refractivity contribution in [1.82, 2.24) is 14.1 Å². The van der Waals surface area contributed by atoms with Gasteiger partial charge < -0.3 is 9.30 Å². The lowest BCUT2D eigenvalue weighted by Gasteiger charge is -2.14. The van der Waals surface area contributed by atoms with Crippen LogP contribution in [0.3, 0.4) is 0 Å². The first kappa shape index (κ1) is 26.5. The lowest BCUT2D eigenvalue weighted by molar-refractivity contribution is 0.102. The first-order valence-electron chi connectivity index (χ1n) is 11.8. The number of rotatable bonds is 8. The van der Waals surface area contributed by atoms with Crippen molar-refractivity contribution in [2.24, 2.45) is 5.14 Å². The molecule has 0 spiro atoms. The summed E-state index contributed by atoms with van der Waals surface area (Å²) in [6, 6.07) is 13.5. The molecular formula is C27H30N4O5S. The van der Waals surface area contributed by atoms with Gasteiger partial charge in [-0.25, -0.2) is 18.5 Å². The molecular weight excluding hydrogens is 492 g/mol. The number of nitrogens with zero attached hydrogens (tertiary/aromatic N) is 3. The number of sulfonamides is 1. The van der Waals surface area contributed by atoms with Crippen LogP contribution < -0.4 is 16.3 Å². The van der Waals surface area contributed by atoms with E-state index in [1.165, 1.54) is 12.1 Å². The van der Waals surface area contributed by atoms with Crippen LogP contribution in [0.5, 0.6) is 0 Å². The van der Waals surface area contributed by atoms with Crippen LogP contribution in [0.25, 0.3) is 22.0 Å². The molecule has 0 aliphatic carbocycles. The van der Waals surface area contributed by atoms with Gasteiger partial charge in [-0.3, -0.25) is 14.2 Å². The Bertz CT molecular complexity index is 1710. The van der Waals surface area contributed by atoms with Crippen molar-refractivity contribution in [3.05, 3.63) is 92.4 Å². The average molecular weight is 523 g/mol. The number of benzene rings is 2. The number of methoxy groups -OCH3 is 1. The van der Waals surface area contributed by atoms with Crippen LogP contribution in [-0.2, 0) is 34.3 Å². The van der Waals surface area contributed by atoms with Gasteiger partial charge in [0, 0.05) is 25.9 Å². The number of fused-ring (bicyclic) bond motifs is 1. The van der Waals surface area contributed by atoms with Crippen LogP contribution in [0.1, 0.15) is 23.9 Å². The molecule has 0 bridgehead atoms. The molecule has 194 valence electrons. The molecule has 2 aromatic heterocycles. The number of aryl methyl sites for hydroxylation is 3. The number of hydrogen-bond donors (Lipinski definition) is 1. The van der Waals surface area contributed by atoms with E-state index in [1.54, 1.807) is 53.6 Å². The van der Waals surface area contributed by atoms with E-state index in [4.69, 9.17) is 9.88 Å². The summed E-state index contributed by atoms with van der Waals surface area (Å²) in [6.07, 6.45) is 2.21. The smallest absolute Gasteiger partial charge is 0.261 e. The summed E-state index contributed by atoms with van der Waals surface area (Å²) in [5, 5.41) is 5.72. The Morgan fingerprint density at radius 1 is 1.03 bits per heavy atom. The van der Waals surface area contributed by atoms with Crippen LogP contribution in [0.15, 0.2) is 69.2 Å². The second-order valence-corrected chi connectivity index (χ2v) is 10.7. The fraction of sp³-hybridized carbons (Fsp3) is 0.296. The van der Waals surface area contributed by atoms with Crippen molar-refractivity contribution in [3.8, 4) is 11.1 Å². The predicted molar refractivity (Wildman–Crippen MR) is 143 cm³/mol. The Hall–Kier alpha value is -3.60. The Labute approximate surface area is 215 Å². The van der Waals surface area contributed by atoms with E-state index in [9.17, 15) is 18.0 Å². The molecule has 0 aliphatic heterocycles. The largest absolute Gasteiger partial charge is 0.380 e. The molecule has 0 saturated heterocycles. The van der Waals surface area contributed by atoms with E-state index in [2.05, 4.69) is 4.98 Å². The van der Waals surface area contributed by atoms with Crippen LogP contribution in [0, 0.1) is 13.8 Å². The van der Waals surface area contributed by atoms with Crippen molar-refractivity contribution in [2.45, 2.75) is 51.3 Å². The van der Waals surface area contributed by atoms with Gasteiger partial charge in [-0.1, -0.05) is 12.1 Å². The van der Waals surface area contributed by atoms with Gasteiger partial charge in [0.2, 0.25) is 10.0 Å². The highest BCUT2D eigenvalue weighted by molar-refractivity contribution is 7.89. The SMILES string of the molecule is CO[C@H](C)Cn1cc(-c2ccc3c(=O)n(CCc4ccc(S(N)(=O)=O)cc4C)c(C)nc3c2)ccc1=O. The first-order chi connectivity index (χ1) is 17.5. The van der Waals surface area contributed by atoms with Gasteiger partial charge in [0.15, 0.2) is 0 Å². The summed E-state index contributed by atoms with van der Waals surface area (Å²) in [7, 11) is -2.16. The van der Waals surface area contributed by atoms with Gasteiger partial charge in [0.1, 0.15) is 5.82 Å². The third-order valence-electron chi connectivity index (χ3n) is 6.57. The molecule has 4 aromatic rings. The predicted octanol–water partition coefficient (Wildman–Crippen LogP) is 2.77. The van der Waals surface area contributed by atoms with E-state index < -0.39 is 10.0 Å². The fourth-order valence-corrected chi connectivity index (χ4v) is 4.93. The number of pyridine rings is 1. The minimum absolute atomic E-state index is 0.0638. The quantitative estimate of drug-likeness (QED) is 0.379. The maximum atomic E-state index is 13.3. The van der Waals surface area contributed by atoms with Crippen molar-refractivity contribution >= 4 is 20.9 Å². The molecule has 1 atom stereocenters. The molecule has 2 heterocycles. The Balaban J connectivity index is 1.64. The molecule has 0 fully saturated rings. The van der Waals surface area contributed by atoms with Crippen LogP contribution in [0.2, 0.25) is 0 Å². The second-order valence-electron chi connectivity index (χ2n) is 9.19. The van der Waals surface area contributed by atoms with Crippen LogP contribution in [0.4, 0.5) is 0 Å². The van der Waals surface area contributed by atoms with E-state index in [-0.39, 0.29) is 22.1 Å². The fourth-order valence-electron chi connectivity index (χ4n) is 4.33. The lowest BCUT2D eigenvalue weighted by atomic mass is 10.0. The highest BCUT2D eigenvalue weighted by atomic mass is 32.2. The van der Waals surface area contributed by atoms with E-state index in [0.717, 1.165) is 22.3 Å². The zero-order chi connectivity index (χ0) is 26.9. The van der Waals surface area contributed by atoms with Crippen molar-refractivity contribution in [1.29, 1.82) is 0 Å². The molecule has 0 aliphatic rings. The molecule has 0 saturated carbocycles. The maximum absolute atomic E-state index is 13.3. The number of hydrogen-bond acceptors (Lipinski definition) is 6. The highest BCUT2D eigenvalue weighted by Crippen LogP contribution is 2.22. The summed E-state index contributed by atoms with van der Waals surface area (Å²) in [5.41, 5.74) is 3.72. The Morgan fingerprint density at radius 2 is 1.76 bits per heavy atom. The molecule has 0 amide bonds. The molecule has 4 rings (SSSR count). The van der Waals surface area contributed by atoms with E-state index >= 15 is 0 Å². The molecule has 9 nitrogen and oxygen atoms in total. The average Bonchev–Trinajstić information content (AvgIpc) is 2.85. The zero-order valence-electron chi connectivity index (χ0n) is 21.3. The normalized spacial score (nSPS) is 12.7. The first-order valence-corrected chi connectivity index (χ1v) is 13.4. The van der Waals surface area contributed by atoms with Gasteiger partial charge in [0.25, 0.3) is 11.1 Å². The van der Waals surface area contributed by atoms with Gasteiger partial charge in [-0.2, -0.15) is 0 Å². The topological polar surface area (TPSA) is 126 Å². The van der Waals surface area contributed by atoms with E-state index in [0.29, 0.717) is 36.2 Å². The molecule has 0 unspecified atom stereocenters. The maximum Gasteiger partial charge on any atom is 0.261 e. The standard InChI is InChI=1S/C27H30N4O5S/c1-17-13-23(37(28,34)35)8-5-20(17)11-12-31-19(3)29-25-14-21(6-9-24(25)27(31)33)22-7-10-26(32)30(16-22)15-18(2)36-4/h5-10,13-14,16,18H,11-12,15H2,1-4H3,(H2,28,34,35)/t18-/m1/s1. The number of aromatic nitrogens is 3. The summed E-state index contributed by atoms with van der Waals surface area (Å²) >= 11 is 0. The second kappa shape index (κ2) is 10.4. The third-order valence-corrected chi connectivity index (χ3v) is 7.48. The van der Waals surface area contributed by atoms with Crippen molar-refractivity contribution in [2.75, 3.05) is 7.11 Å². The monoisotopic (exact) mass is 522 g/mol. The molecule has 2 N–H and O–H groups in total. The van der Waals surface area contributed by atoms with Crippen molar-refractivity contribution < 1.29 is 13.2 Å². The minimum Gasteiger partial charge on any atom is -0.380 e. The summed E-state index contributed by atoms with van der Waals surface area (Å²) < 4.78 is 31.7. The number of ether oxygens (including phenoxy) is 1. The lowest BCUT2D eigenvalue weighted by Crippen LogP contribution is -2.25. The van der Waals surface area contributed by atoms with Crippen LogP contribution in [-0.4, -0.2) is 35.7 Å². The summed E-state index contributed by atoms with van der Waals surface area (Å²) in [6.45, 7) is 6.33. The van der Waals surface area contributed by atoms with Gasteiger partial charge in [-0.15, -0.1) is 0 Å². The van der Waals surface area contributed by atoms with Crippen molar-refractivity contribution in [3.63, 3.8) is 0 Å². The molecule has 0 radical (unpaired) electrons. The number of primary sulfonamides is 1. The molecule has 2 aromatic carbocycles. The Kier molecular flexibility index (Phi) is 7.44. The van der Waals surface area contributed by atoms with E-state index in [1.807, 2.05) is 26.0 Å². The summed E-state index contributed by atoms with van der Waals surface area (Å²) in [5.74, 6) is 0.576. The summed E-state index contributed by atoms with van der Waals surface area (Å²) in [4.78, 5) is 30.3. The number of nitrogens with two attached hydrogens (primary N) is 1. The highest BCUT2D eigenvalue weighted by Gasteiger charge is 2.13. The minimum atomic E-state index is -3.77. The zero-order valence-corrected chi connectivity index (χ0v) is 22.1. The molecule has 10 heteroatoms. The van der Waals surface area contributed by atoms with Gasteiger partial charge in [-0.05, 0) is 79.8 Å². The molecule has 37 heavy (non-hydrogen) atoms. The van der Waals surface area contributed by atoms with Gasteiger partial charge in [0.05, 0.1) is 28.4 Å². The third kappa shape index (κ3) is 5.71. The Morgan fingerprint density at radius 3 is 2.43 bits per heavy atom. The van der Waals surface area contributed by atoms with Crippen LogP contribution >= 0.6 is 0 Å². The van der Waals surface area contributed by atoms with Gasteiger partial charge >= 0.3 is 0 Å².